The van der Waals surface area contributed by atoms with Crippen LogP contribution in [-0.2, 0) is 9.59 Å². The Labute approximate surface area is 54.4 Å². The van der Waals surface area contributed by atoms with Gasteiger partial charge >= 0.3 is 0 Å². The zero-order valence-corrected chi connectivity index (χ0v) is 5.68. The molecular formula is C6H10NO2. The van der Waals surface area contributed by atoms with Crippen molar-refractivity contribution in [3.8, 4) is 0 Å². The summed E-state index contributed by atoms with van der Waals surface area (Å²) in [4.78, 5) is 20.6. The molecule has 0 aliphatic carbocycles. The van der Waals surface area contributed by atoms with Gasteiger partial charge in [0.05, 0.1) is 0 Å². The summed E-state index contributed by atoms with van der Waals surface area (Å²) in [5, 5.41) is 3.19. The Hall–Kier alpha value is -0.860. The van der Waals surface area contributed by atoms with Crippen LogP contribution in [0.15, 0.2) is 0 Å². The van der Waals surface area contributed by atoms with E-state index in [-0.39, 0.29) is 5.91 Å². The van der Waals surface area contributed by atoms with Crippen LogP contribution in [0.1, 0.15) is 26.7 Å². The Bertz CT molecular complexity index is 120. The molecule has 0 fully saturated rings. The maximum Gasteiger partial charge on any atom is 0.248 e. The van der Waals surface area contributed by atoms with E-state index in [2.05, 4.69) is 5.32 Å². The molecule has 0 saturated carbocycles. The molecule has 51 valence electrons. The van der Waals surface area contributed by atoms with Gasteiger partial charge in [-0.05, 0) is 6.42 Å². The number of nitrogens with zero attached hydrogens (tertiary/aromatic N) is 1. The van der Waals surface area contributed by atoms with Crippen molar-refractivity contribution in [2.75, 3.05) is 0 Å². The lowest BCUT2D eigenvalue weighted by Crippen LogP contribution is -2.19. The second-order valence-corrected chi connectivity index (χ2v) is 1.77. The molecule has 0 saturated heterocycles. The molecule has 0 aromatic heterocycles. The highest BCUT2D eigenvalue weighted by atomic mass is 16.2. The topological polar surface area (TPSA) is 48.2 Å². The maximum atomic E-state index is 10.5. The van der Waals surface area contributed by atoms with Crippen molar-refractivity contribution in [1.82, 2.24) is 5.32 Å². The van der Waals surface area contributed by atoms with Gasteiger partial charge in [-0.25, -0.2) is 0 Å². The highest BCUT2D eigenvalue weighted by molar-refractivity contribution is 5.93. The van der Waals surface area contributed by atoms with E-state index in [4.69, 9.17) is 0 Å². The lowest BCUT2D eigenvalue weighted by atomic mass is 10.3. The molecule has 0 heterocycles. The Morgan fingerprint density at radius 1 is 1.44 bits per heavy atom. The highest BCUT2D eigenvalue weighted by Crippen LogP contribution is 1.85. The first-order valence-corrected chi connectivity index (χ1v) is 2.92. The van der Waals surface area contributed by atoms with Crippen LogP contribution in [0, 0.1) is 0 Å². The molecule has 0 aromatic rings. The predicted molar refractivity (Wildman–Crippen MR) is 32.7 cm³/mol. The second kappa shape index (κ2) is 4.06. The van der Waals surface area contributed by atoms with Gasteiger partial charge in [0.15, 0.2) is 0 Å². The normalized spacial score (nSPS) is 8.67. The fraction of sp³-hybridized carbons (Fsp3) is 0.667. The SMILES string of the molecule is CCCC(=O)[N]C(C)=O. The first-order valence-electron chi connectivity index (χ1n) is 2.92. The molecule has 0 spiro atoms. The minimum Gasteiger partial charge on any atom is -0.273 e. The van der Waals surface area contributed by atoms with Crippen LogP contribution in [-0.4, -0.2) is 11.8 Å². The van der Waals surface area contributed by atoms with Crippen LogP contribution < -0.4 is 5.32 Å². The first kappa shape index (κ1) is 8.14. The molecule has 2 amide bonds. The summed E-state index contributed by atoms with van der Waals surface area (Å²) in [6, 6.07) is 0. The molecule has 3 nitrogen and oxygen atoms in total. The molecule has 0 aliphatic rings. The Kier molecular flexibility index (Phi) is 3.67. The van der Waals surface area contributed by atoms with E-state index in [1.807, 2.05) is 6.92 Å². The summed E-state index contributed by atoms with van der Waals surface area (Å²) in [5.74, 6) is -0.724. The van der Waals surface area contributed by atoms with Crippen molar-refractivity contribution in [3.63, 3.8) is 0 Å². The molecule has 0 N–H and O–H groups in total. The third-order valence-electron chi connectivity index (χ3n) is 0.746. The fourth-order valence-electron chi connectivity index (χ4n) is 0.445. The lowest BCUT2D eigenvalue weighted by molar-refractivity contribution is -0.129. The Morgan fingerprint density at radius 3 is 2.33 bits per heavy atom. The van der Waals surface area contributed by atoms with Gasteiger partial charge in [0.2, 0.25) is 11.8 Å². The van der Waals surface area contributed by atoms with E-state index in [1.165, 1.54) is 6.92 Å². The first-order chi connectivity index (χ1) is 4.16. The Balaban J connectivity index is 3.39. The number of amides is 2. The van der Waals surface area contributed by atoms with Crippen LogP contribution in [0.2, 0.25) is 0 Å². The summed E-state index contributed by atoms with van der Waals surface area (Å²) < 4.78 is 0. The average molecular weight is 128 g/mol. The van der Waals surface area contributed by atoms with Crippen LogP contribution in [0.4, 0.5) is 0 Å². The van der Waals surface area contributed by atoms with E-state index in [1.54, 1.807) is 0 Å². The molecule has 0 bridgehead atoms. The monoisotopic (exact) mass is 128 g/mol. The average Bonchev–Trinajstić information content (AvgIpc) is 1.63. The van der Waals surface area contributed by atoms with E-state index >= 15 is 0 Å². The summed E-state index contributed by atoms with van der Waals surface area (Å²) in [5.41, 5.74) is 0. The summed E-state index contributed by atoms with van der Waals surface area (Å²) in [7, 11) is 0. The molecular weight excluding hydrogens is 118 g/mol. The second-order valence-electron chi connectivity index (χ2n) is 1.77. The van der Waals surface area contributed by atoms with Gasteiger partial charge in [-0.3, -0.25) is 9.59 Å². The zero-order chi connectivity index (χ0) is 7.28. The van der Waals surface area contributed by atoms with Crippen LogP contribution >= 0.6 is 0 Å². The number of carbonyl (C=O) groups is 2. The van der Waals surface area contributed by atoms with E-state index in [9.17, 15) is 9.59 Å². The molecule has 1 radical (unpaired) electrons. The number of hydrogen-bond donors (Lipinski definition) is 0. The molecule has 9 heavy (non-hydrogen) atoms. The van der Waals surface area contributed by atoms with Crippen molar-refractivity contribution in [1.29, 1.82) is 0 Å². The van der Waals surface area contributed by atoms with Crippen molar-refractivity contribution < 1.29 is 9.59 Å². The van der Waals surface area contributed by atoms with Crippen molar-refractivity contribution in [3.05, 3.63) is 0 Å². The van der Waals surface area contributed by atoms with Gasteiger partial charge in [-0.2, -0.15) is 5.32 Å². The molecule has 0 atom stereocenters. The lowest BCUT2D eigenvalue weighted by Gasteiger charge is -1.91. The molecule has 0 aliphatic heterocycles. The van der Waals surface area contributed by atoms with Crippen molar-refractivity contribution >= 4 is 11.8 Å². The molecule has 0 unspecified atom stereocenters. The Morgan fingerprint density at radius 2 is 2.00 bits per heavy atom. The summed E-state index contributed by atoms with van der Waals surface area (Å²) in [6.07, 6.45) is 1.12. The van der Waals surface area contributed by atoms with Crippen LogP contribution in [0.5, 0.6) is 0 Å². The standard InChI is InChI=1S/C6H10NO2/c1-3-4-6(9)7-5(2)8/h3-4H2,1-2H3. The van der Waals surface area contributed by atoms with Gasteiger partial charge in [0.1, 0.15) is 0 Å². The molecule has 3 heteroatoms. The maximum absolute atomic E-state index is 10.5. The minimum atomic E-state index is -0.409. The number of hydrogen-bond acceptors (Lipinski definition) is 2. The smallest absolute Gasteiger partial charge is 0.248 e. The van der Waals surface area contributed by atoms with Crippen molar-refractivity contribution in [2.45, 2.75) is 26.7 Å². The number of rotatable bonds is 2. The molecule has 0 rings (SSSR count). The fourth-order valence-corrected chi connectivity index (χ4v) is 0.445. The van der Waals surface area contributed by atoms with E-state index in [0.717, 1.165) is 6.42 Å². The van der Waals surface area contributed by atoms with Gasteiger partial charge in [-0.1, -0.05) is 6.92 Å². The highest BCUT2D eigenvalue weighted by Gasteiger charge is 2.02. The summed E-state index contributed by atoms with van der Waals surface area (Å²) in [6.45, 7) is 3.14. The van der Waals surface area contributed by atoms with E-state index < -0.39 is 5.91 Å². The van der Waals surface area contributed by atoms with Gasteiger partial charge in [-0.15, -0.1) is 0 Å². The van der Waals surface area contributed by atoms with Crippen molar-refractivity contribution in [2.24, 2.45) is 0 Å². The van der Waals surface area contributed by atoms with Gasteiger partial charge < -0.3 is 0 Å². The predicted octanol–water partition coefficient (Wildman–Crippen LogP) is 0.464. The number of carbonyl (C=O) groups excluding carboxylic acids is 2. The number of imide groups is 1. The largest absolute Gasteiger partial charge is 0.273 e. The quantitative estimate of drug-likeness (QED) is 0.542. The van der Waals surface area contributed by atoms with Crippen LogP contribution in [0.3, 0.4) is 0 Å². The summed E-state index contributed by atoms with van der Waals surface area (Å²) >= 11 is 0. The third-order valence-corrected chi connectivity index (χ3v) is 0.746. The van der Waals surface area contributed by atoms with Gasteiger partial charge in [0.25, 0.3) is 0 Å². The van der Waals surface area contributed by atoms with E-state index in [0.29, 0.717) is 6.42 Å². The third kappa shape index (κ3) is 5.00. The van der Waals surface area contributed by atoms with Gasteiger partial charge in [0, 0.05) is 13.3 Å². The minimum absolute atomic E-state index is 0.315. The zero-order valence-electron chi connectivity index (χ0n) is 5.68. The van der Waals surface area contributed by atoms with Crippen LogP contribution in [0.25, 0.3) is 0 Å². The molecule has 0 aromatic carbocycles.